The van der Waals surface area contributed by atoms with E-state index in [1.54, 1.807) is 19.1 Å². The SMILES string of the molecule is CC[C@@H](C)NS(=O)(=O)c1ccc(NC(=O)c2sc3ccccc3c2Cl)cc1. The Morgan fingerprint density at radius 1 is 1.15 bits per heavy atom. The number of thiophene rings is 1. The highest BCUT2D eigenvalue weighted by atomic mass is 35.5. The van der Waals surface area contributed by atoms with Gasteiger partial charge in [-0.05, 0) is 43.7 Å². The normalized spacial score (nSPS) is 12.9. The van der Waals surface area contributed by atoms with Crippen LogP contribution in [0.3, 0.4) is 0 Å². The molecule has 0 bridgehead atoms. The minimum absolute atomic E-state index is 0.149. The van der Waals surface area contributed by atoms with Crippen LogP contribution in [-0.2, 0) is 10.0 Å². The molecule has 2 aromatic carbocycles. The minimum Gasteiger partial charge on any atom is -0.321 e. The van der Waals surface area contributed by atoms with Gasteiger partial charge in [0, 0.05) is 21.8 Å². The molecule has 0 aliphatic rings. The van der Waals surface area contributed by atoms with Crippen molar-refractivity contribution in [1.82, 2.24) is 4.72 Å². The number of benzene rings is 2. The van der Waals surface area contributed by atoms with E-state index in [1.807, 2.05) is 31.2 Å². The molecule has 8 heteroatoms. The quantitative estimate of drug-likeness (QED) is 0.594. The van der Waals surface area contributed by atoms with Gasteiger partial charge in [-0.15, -0.1) is 11.3 Å². The molecule has 0 aliphatic heterocycles. The fraction of sp³-hybridized carbons (Fsp3) is 0.211. The molecule has 1 amide bonds. The van der Waals surface area contributed by atoms with E-state index < -0.39 is 10.0 Å². The maximum Gasteiger partial charge on any atom is 0.267 e. The van der Waals surface area contributed by atoms with Crippen molar-refractivity contribution < 1.29 is 13.2 Å². The van der Waals surface area contributed by atoms with Crippen LogP contribution in [0.5, 0.6) is 0 Å². The molecular formula is C19H19ClN2O3S2. The van der Waals surface area contributed by atoms with Crippen molar-refractivity contribution in [2.24, 2.45) is 0 Å². The maximum atomic E-state index is 12.6. The summed E-state index contributed by atoms with van der Waals surface area (Å²) >= 11 is 7.65. The highest BCUT2D eigenvalue weighted by molar-refractivity contribution is 7.89. The summed E-state index contributed by atoms with van der Waals surface area (Å²) in [5.74, 6) is -0.325. The van der Waals surface area contributed by atoms with Gasteiger partial charge in [0.25, 0.3) is 5.91 Å². The first kappa shape index (κ1) is 19.8. The maximum absolute atomic E-state index is 12.6. The smallest absolute Gasteiger partial charge is 0.267 e. The molecule has 142 valence electrons. The molecule has 0 aliphatic carbocycles. The molecule has 3 rings (SSSR count). The largest absolute Gasteiger partial charge is 0.321 e. The lowest BCUT2D eigenvalue weighted by atomic mass is 10.2. The van der Waals surface area contributed by atoms with Gasteiger partial charge in [-0.25, -0.2) is 13.1 Å². The molecule has 5 nitrogen and oxygen atoms in total. The Bertz CT molecular complexity index is 1080. The number of halogens is 1. The number of sulfonamides is 1. The van der Waals surface area contributed by atoms with E-state index in [9.17, 15) is 13.2 Å². The number of fused-ring (bicyclic) bond motifs is 1. The summed E-state index contributed by atoms with van der Waals surface area (Å²) in [6, 6.07) is 13.4. The van der Waals surface area contributed by atoms with Crippen molar-refractivity contribution in [3.8, 4) is 0 Å². The summed E-state index contributed by atoms with van der Waals surface area (Å²) in [7, 11) is -3.57. The van der Waals surface area contributed by atoms with E-state index in [1.165, 1.54) is 23.5 Å². The van der Waals surface area contributed by atoms with E-state index in [-0.39, 0.29) is 16.8 Å². The van der Waals surface area contributed by atoms with Crippen LogP contribution in [0.2, 0.25) is 5.02 Å². The van der Waals surface area contributed by atoms with Crippen molar-refractivity contribution in [3.63, 3.8) is 0 Å². The van der Waals surface area contributed by atoms with Crippen molar-refractivity contribution in [3.05, 3.63) is 58.4 Å². The molecule has 1 aromatic heterocycles. The fourth-order valence-electron chi connectivity index (χ4n) is 2.48. The van der Waals surface area contributed by atoms with Gasteiger partial charge in [0.1, 0.15) is 4.88 Å². The predicted octanol–water partition coefficient (Wildman–Crippen LogP) is 4.88. The second-order valence-electron chi connectivity index (χ2n) is 6.15. The van der Waals surface area contributed by atoms with Crippen molar-refractivity contribution in [2.45, 2.75) is 31.2 Å². The van der Waals surface area contributed by atoms with Crippen LogP contribution in [0.4, 0.5) is 5.69 Å². The number of carbonyl (C=O) groups is 1. The predicted molar refractivity (Wildman–Crippen MR) is 111 cm³/mol. The van der Waals surface area contributed by atoms with E-state index in [0.717, 1.165) is 10.1 Å². The Hall–Kier alpha value is -1.93. The molecule has 1 heterocycles. The molecule has 2 N–H and O–H groups in total. The summed E-state index contributed by atoms with van der Waals surface area (Å²) in [5.41, 5.74) is 0.496. The third kappa shape index (κ3) is 4.32. The third-order valence-electron chi connectivity index (χ3n) is 4.13. The summed E-state index contributed by atoms with van der Waals surface area (Å²) in [5, 5.41) is 4.02. The topological polar surface area (TPSA) is 75.3 Å². The van der Waals surface area contributed by atoms with E-state index >= 15 is 0 Å². The van der Waals surface area contributed by atoms with Gasteiger partial charge >= 0.3 is 0 Å². The number of carbonyl (C=O) groups excluding carboxylic acids is 1. The lowest BCUT2D eigenvalue weighted by molar-refractivity contribution is 0.103. The molecule has 1 atom stereocenters. The average Bonchev–Trinajstić information content (AvgIpc) is 2.99. The molecule has 0 unspecified atom stereocenters. The summed E-state index contributed by atoms with van der Waals surface area (Å²) in [6.07, 6.45) is 0.698. The lowest BCUT2D eigenvalue weighted by Crippen LogP contribution is -2.31. The summed E-state index contributed by atoms with van der Waals surface area (Å²) in [4.78, 5) is 13.1. The van der Waals surface area contributed by atoms with Crippen molar-refractivity contribution in [2.75, 3.05) is 5.32 Å². The second-order valence-corrected chi connectivity index (χ2v) is 9.29. The zero-order valence-electron chi connectivity index (χ0n) is 14.8. The molecule has 0 radical (unpaired) electrons. The number of hydrogen-bond donors (Lipinski definition) is 2. The first-order valence-corrected chi connectivity index (χ1v) is 11.1. The lowest BCUT2D eigenvalue weighted by Gasteiger charge is -2.12. The van der Waals surface area contributed by atoms with Crippen LogP contribution >= 0.6 is 22.9 Å². The van der Waals surface area contributed by atoms with Gasteiger partial charge in [-0.3, -0.25) is 4.79 Å². The fourth-order valence-corrected chi connectivity index (χ4v) is 5.22. The van der Waals surface area contributed by atoms with Crippen LogP contribution < -0.4 is 10.0 Å². The van der Waals surface area contributed by atoms with Crippen LogP contribution in [0, 0.1) is 0 Å². The van der Waals surface area contributed by atoms with Crippen LogP contribution in [0.15, 0.2) is 53.4 Å². The molecule has 0 fully saturated rings. The molecule has 27 heavy (non-hydrogen) atoms. The van der Waals surface area contributed by atoms with Gasteiger partial charge in [-0.2, -0.15) is 0 Å². The molecule has 0 saturated carbocycles. The number of rotatable bonds is 6. The Morgan fingerprint density at radius 2 is 1.81 bits per heavy atom. The summed E-state index contributed by atoms with van der Waals surface area (Å²) in [6.45, 7) is 3.71. The van der Waals surface area contributed by atoms with Gasteiger partial charge < -0.3 is 5.32 Å². The number of nitrogens with one attached hydrogen (secondary N) is 2. The van der Waals surface area contributed by atoms with Crippen molar-refractivity contribution >= 4 is 54.6 Å². The Labute approximate surface area is 167 Å². The van der Waals surface area contributed by atoms with E-state index in [4.69, 9.17) is 11.6 Å². The number of amides is 1. The van der Waals surface area contributed by atoms with Gasteiger partial charge in [-0.1, -0.05) is 36.7 Å². The van der Waals surface area contributed by atoms with E-state index in [0.29, 0.717) is 22.0 Å². The van der Waals surface area contributed by atoms with Crippen LogP contribution in [-0.4, -0.2) is 20.4 Å². The second kappa shape index (κ2) is 7.98. The molecular weight excluding hydrogens is 404 g/mol. The van der Waals surface area contributed by atoms with Gasteiger partial charge in [0.05, 0.1) is 9.92 Å². The summed E-state index contributed by atoms with van der Waals surface area (Å²) < 4.78 is 28.1. The monoisotopic (exact) mass is 422 g/mol. The highest BCUT2D eigenvalue weighted by Gasteiger charge is 2.19. The Kier molecular flexibility index (Phi) is 5.86. The standard InChI is InChI=1S/C19H19ClN2O3S2/c1-3-12(2)22-27(24,25)14-10-8-13(9-11-14)21-19(23)18-17(20)15-6-4-5-7-16(15)26-18/h4-12,22H,3H2,1-2H3,(H,21,23)/t12-/m1/s1. The zero-order chi connectivity index (χ0) is 19.6. The number of anilines is 1. The van der Waals surface area contributed by atoms with Gasteiger partial charge in [0.15, 0.2) is 0 Å². The van der Waals surface area contributed by atoms with Crippen LogP contribution in [0.1, 0.15) is 29.9 Å². The molecule has 0 saturated heterocycles. The highest BCUT2D eigenvalue weighted by Crippen LogP contribution is 2.35. The molecule has 0 spiro atoms. The first-order valence-electron chi connectivity index (χ1n) is 8.42. The number of hydrogen-bond acceptors (Lipinski definition) is 4. The van der Waals surface area contributed by atoms with Crippen molar-refractivity contribution in [1.29, 1.82) is 0 Å². The zero-order valence-corrected chi connectivity index (χ0v) is 17.2. The van der Waals surface area contributed by atoms with Gasteiger partial charge in [0.2, 0.25) is 10.0 Å². The first-order chi connectivity index (χ1) is 12.8. The van der Waals surface area contributed by atoms with E-state index in [2.05, 4.69) is 10.0 Å². The Balaban J connectivity index is 1.78. The van der Waals surface area contributed by atoms with Crippen LogP contribution in [0.25, 0.3) is 10.1 Å². The minimum atomic E-state index is -3.57. The Morgan fingerprint density at radius 3 is 2.44 bits per heavy atom. The average molecular weight is 423 g/mol. The third-order valence-corrected chi connectivity index (χ3v) is 7.41. The molecule has 3 aromatic rings.